The average molecular weight is 312 g/mol. The summed E-state index contributed by atoms with van der Waals surface area (Å²) >= 11 is 0. The smallest absolute Gasteiger partial charge is 0.169 e. The molecule has 0 fully saturated rings. The molecule has 2 heterocycles. The van der Waals surface area contributed by atoms with Crippen molar-refractivity contribution in [1.29, 1.82) is 0 Å². The zero-order valence-electron chi connectivity index (χ0n) is 12.9. The van der Waals surface area contributed by atoms with Crippen LogP contribution in [0, 0.1) is 0 Å². The molecule has 2 aliphatic rings. The quantitative estimate of drug-likeness (QED) is 0.768. The highest BCUT2D eigenvalue weighted by atomic mass is 16.5. The van der Waals surface area contributed by atoms with Gasteiger partial charge in [-0.3, -0.25) is 4.79 Å². The van der Waals surface area contributed by atoms with Gasteiger partial charge in [0.15, 0.2) is 23.0 Å². The molecule has 4 rings (SSSR count). The summed E-state index contributed by atoms with van der Waals surface area (Å²) in [7, 11) is 0. The number of carbonyl (C=O) groups excluding carboxylic acids is 1. The third-order valence-electron chi connectivity index (χ3n) is 4.13. The molecular formula is C19H20O4. The second-order valence-corrected chi connectivity index (χ2v) is 5.95. The minimum atomic E-state index is 0.00729. The maximum atomic E-state index is 11.9. The number of aromatic hydroxyl groups is 2. The fraction of sp³-hybridized carbons (Fsp3) is 0.316. The van der Waals surface area contributed by atoms with E-state index in [1.54, 1.807) is 30.3 Å². The number of benzene rings is 2. The van der Waals surface area contributed by atoms with Gasteiger partial charge in [0.1, 0.15) is 5.78 Å². The lowest BCUT2D eigenvalue weighted by atomic mass is 10.0. The standard InChI is InChI=1S/C19H20O4/c20-15-4-2-1-3-13-7-10-18(17(22)11-13)23-19-12-14(5-8-15)6-9-16(19)21/h6-7,9-12,21-22H,1-5,8H2. The van der Waals surface area contributed by atoms with E-state index in [-0.39, 0.29) is 23.0 Å². The van der Waals surface area contributed by atoms with Crippen molar-refractivity contribution in [2.75, 3.05) is 0 Å². The first kappa shape index (κ1) is 15.4. The number of hydrogen-bond donors (Lipinski definition) is 2. The lowest BCUT2D eigenvalue weighted by molar-refractivity contribution is -0.119. The van der Waals surface area contributed by atoms with E-state index >= 15 is 0 Å². The van der Waals surface area contributed by atoms with Crippen LogP contribution in [0.1, 0.15) is 36.8 Å². The van der Waals surface area contributed by atoms with Gasteiger partial charge in [0.25, 0.3) is 0 Å². The molecule has 4 bridgehead atoms. The van der Waals surface area contributed by atoms with Gasteiger partial charge in [0.2, 0.25) is 0 Å². The van der Waals surface area contributed by atoms with E-state index < -0.39 is 0 Å². The number of rotatable bonds is 0. The Morgan fingerprint density at radius 1 is 0.739 bits per heavy atom. The summed E-state index contributed by atoms with van der Waals surface area (Å²) in [4.78, 5) is 11.9. The monoisotopic (exact) mass is 312 g/mol. The molecule has 0 atom stereocenters. The van der Waals surface area contributed by atoms with E-state index in [0.29, 0.717) is 25.0 Å². The Morgan fingerprint density at radius 2 is 1.48 bits per heavy atom. The first-order chi connectivity index (χ1) is 11.1. The minimum Gasteiger partial charge on any atom is -0.504 e. The number of ketones is 1. The Balaban J connectivity index is 1.95. The number of carbonyl (C=O) groups is 1. The Labute approximate surface area is 135 Å². The fourth-order valence-electron chi connectivity index (χ4n) is 2.78. The SMILES string of the molecule is O=C1CCCCc2ccc(c(O)c2)Oc2cc(ccc2O)CC1. The number of aryl methyl sites for hydroxylation is 2. The third-order valence-corrected chi connectivity index (χ3v) is 4.13. The largest absolute Gasteiger partial charge is 0.504 e. The number of ether oxygens (including phenoxy) is 1. The molecular weight excluding hydrogens is 292 g/mol. The molecule has 0 saturated heterocycles. The van der Waals surface area contributed by atoms with Crippen molar-refractivity contribution in [3.05, 3.63) is 47.5 Å². The van der Waals surface area contributed by atoms with Gasteiger partial charge in [0, 0.05) is 12.8 Å². The molecule has 0 aliphatic carbocycles. The molecule has 2 aromatic carbocycles. The van der Waals surface area contributed by atoms with Crippen molar-refractivity contribution in [2.24, 2.45) is 0 Å². The van der Waals surface area contributed by atoms with Crippen LogP contribution in [0.25, 0.3) is 0 Å². The number of phenolic OH excluding ortho intramolecular Hbond substituents is 2. The van der Waals surface area contributed by atoms with E-state index in [4.69, 9.17) is 4.74 Å². The van der Waals surface area contributed by atoms with E-state index in [1.165, 1.54) is 0 Å². The second kappa shape index (κ2) is 6.73. The van der Waals surface area contributed by atoms with Crippen LogP contribution in [0.4, 0.5) is 0 Å². The Kier molecular flexibility index (Phi) is 4.51. The molecule has 2 aliphatic heterocycles. The normalized spacial score (nSPS) is 15.6. The highest BCUT2D eigenvalue weighted by Crippen LogP contribution is 2.36. The van der Waals surface area contributed by atoms with Gasteiger partial charge in [0.05, 0.1) is 0 Å². The lowest BCUT2D eigenvalue weighted by Crippen LogP contribution is -2.00. The van der Waals surface area contributed by atoms with Crippen molar-refractivity contribution in [3.8, 4) is 23.0 Å². The van der Waals surface area contributed by atoms with E-state index in [9.17, 15) is 15.0 Å². The maximum absolute atomic E-state index is 11.9. The summed E-state index contributed by atoms with van der Waals surface area (Å²) in [5.41, 5.74) is 1.94. The zero-order chi connectivity index (χ0) is 16.2. The van der Waals surface area contributed by atoms with E-state index in [0.717, 1.165) is 30.4 Å². The molecule has 2 aromatic rings. The van der Waals surface area contributed by atoms with Gasteiger partial charge in [-0.25, -0.2) is 0 Å². The summed E-state index contributed by atoms with van der Waals surface area (Å²) in [6.07, 6.45) is 4.31. The number of fused-ring (bicyclic) bond motifs is 8. The Hall–Kier alpha value is -2.49. The highest BCUT2D eigenvalue weighted by Gasteiger charge is 2.12. The molecule has 2 N–H and O–H groups in total. The molecule has 0 spiro atoms. The topological polar surface area (TPSA) is 66.8 Å². The fourth-order valence-corrected chi connectivity index (χ4v) is 2.78. The predicted molar refractivity (Wildman–Crippen MR) is 87.2 cm³/mol. The summed E-state index contributed by atoms with van der Waals surface area (Å²) in [6.45, 7) is 0. The van der Waals surface area contributed by atoms with Gasteiger partial charge in [-0.1, -0.05) is 12.1 Å². The Morgan fingerprint density at radius 3 is 2.30 bits per heavy atom. The van der Waals surface area contributed by atoms with Crippen molar-refractivity contribution in [1.82, 2.24) is 0 Å². The summed E-state index contributed by atoms with van der Waals surface area (Å²) in [5.74, 6) is 0.916. The molecule has 0 unspecified atom stereocenters. The van der Waals surface area contributed by atoms with Gasteiger partial charge in [-0.2, -0.15) is 0 Å². The molecule has 4 heteroatoms. The zero-order valence-corrected chi connectivity index (χ0v) is 12.9. The Bertz CT molecular complexity index is 721. The first-order valence-electron chi connectivity index (χ1n) is 7.95. The van der Waals surface area contributed by atoms with Crippen molar-refractivity contribution >= 4 is 5.78 Å². The molecule has 0 saturated carbocycles. The third kappa shape index (κ3) is 3.83. The average Bonchev–Trinajstić information content (AvgIpc) is 2.54. The van der Waals surface area contributed by atoms with Crippen LogP contribution in [0.3, 0.4) is 0 Å². The van der Waals surface area contributed by atoms with Gasteiger partial charge in [-0.05, 0) is 61.1 Å². The molecule has 4 nitrogen and oxygen atoms in total. The predicted octanol–water partition coefficient (Wildman–Crippen LogP) is 4.12. The molecule has 120 valence electrons. The summed E-state index contributed by atoms with van der Waals surface area (Å²) < 4.78 is 5.65. The molecule has 23 heavy (non-hydrogen) atoms. The lowest BCUT2D eigenvalue weighted by Gasteiger charge is -2.11. The van der Waals surface area contributed by atoms with Crippen LogP contribution >= 0.6 is 0 Å². The summed E-state index contributed by atoms with van der Waals surface area (Å²) in [5, 5.41) is 20.1. The van der Waals surface area contributed by atoms with Gasteiger partial charge >= 0.3 is 0 Å². The van der Waals surface area contributed by atoms with Gasteiger partial charge < -0.3 is 14.9 Å². The van der Waals surface area contributed by atoms with Crippen LogP contribution in [0.15, 0.2) is 36.4 Å². The highest BCUT2D eigenvalue weighted by molar-refractivity contribution is 5.78. The van der Waals surface area contributed by atoms with Crippen LogP contribution in [-0.2, 0) is 17.6 Å². The van der Waals surface area contributed by atoms with Crippen molar-refractivity contribution in [2.45, 2.75) is 38.5 Å². The van der Waals surface area contributed by atoms with Crippen LogP contribution in [-0.4, -0.2) is 16.0 Å². The van der Waals surface area contributed by atoms with Crippen molar-refractivity contribution in [3.63, 3.8) is 0 Å². The van der Waals surface area contributed by atoms with Crippen LogP contribution < -0.4 is 4.74 Å². The molecule has 0 amide bonds. The molecule has 0 aromatic heterocycles. The number of Topliss-reactive ketones (excluding diaryl/α,β-unsaturated/α-hetero) is 1. The van der Waals surface area contributed by atoms with Gasteiger partial charge in [-0.15, -0.1) is 0 Å². The number of phenols is 2. The first-order valence-corrected chi connectivity index (χ1v) is 7.95. The van der Waals surface area contributed by atoms with E-state index in [2.05, 4.69) is 0 Å². The second-order valence-electron chi connectivity index (χ2n) is 5.95. The number of hydrogen-bond acceptors (Lipinski definition) is 4. The van der Waals surface area contributed by atoms with Crippen LogP contribution in [0.5, 0.6) is 23.0 Å². The van der Waals surface area contributed by atoms with Crippen molar-refractivity contribution < 1.29 is 19.7 Å². The molecule has 0 radical (unpaired) electrons. The summed E-state index contributed by atoms with van der Waals surface area (Å²) in [6, 6.07) is 10.3. The van der Waals surface area contributed by atoms with Crippen LogP contribution in [0.2, 0.25) is 0 Å². The minimum absolute atomic E-state index is 0.00729. The maximum Gasteiger partial charge on any atom is 0.169 e. The van der Waals surface area contributed by atoms with E-state index in [1.807, 2.05) is 6.07 Å².